The van der Waals surface area contributed by atoms with Crippen LogP contribution in [0, 0.1) is 0 Å². The van der Waals surface area contributed by atoms with Gasteiger partial charge < -0.3 is 4.57 Å². The van der Waals surface area contributed by atoms with Crippen molar-refractivity contribution in [3.63, 3.8) is 0 Å². The third-order valence-corrected chi connectivity index (χ3v) is 3.71. The Bertz CT molecular complexity index is 588. The van der Waals surface area contributed by atoms with Crippen molar-refractivity contribution < 1.29 is 8.42 Å². The van der Waals surface area contributed by atoms with Crippen molar-refractivity contribution in [1.29, 1.82) is 0 Å². The van der Waals surface area contributed by atoms with Gasteiger partial charge in [0.05, 0.1) is 6.33 Å². The number of nitrogens with one attached hydrogen (secondary N) is 2. The number of H-pyrrole nitrogens is 1. The molecule has 18 heavy (non-hydrogen) atoms. The summed E-state index contributed by atoms with van der Waals surface area (Å²) >= 11 is 0. The van der Waals surface area contributed by atoms with Crippen LogP contribution in [0.4, 0.5) is 0 Å². The van der Waals surface area contributed by atoms with Gasteiger partial charge in [-0.3, -0.25) is 5.10 Å². The number of aromatic amines is 1. The van der Waals surface area contributed by atoms with Crippen molar-refractivity contribution in [2.45, 2.75) is 24.9 Å². The predicted molar refractivity (Wildman–Crippen MR) is 63.2 cm³/mol. The number of aromatic nitrogens is 5. The molecule has 0 aliphatic carbocycles. The van der Waals surface area contributed by atoms with E-state index in [9.17, 15) is 8.42 Å². The van der Waals surface area contributed by atoms with Crippen molar-refractivity contribution in [3.8, 4) is 0 Å². The Morgan fingerprint density at radius 3 is 2.89 bits per heavy atom. The van der Waals surface area contributed by atoms with Crippen LogP contribution < -0.4 is 4.72 Å². The standard InChI is InChI=1S/C9H14N6O2S/c1-2-15-5-9(11-7-15)18(16,17)13-4-3-8-10-6-12-14-8/h5-7,13H,2-4H2,1H3,(H,10,12,14). The minimum atomic E-state index is -3.55. The van der Waals surface area contributed by atoms with Gasteiger partial charge >= 0.3 is 0 Å². The molecule has 0 aliphatic heterocycles. The van der Waals surface area contributed by atoms with Crippen LogP contribution in [0.15, 0.2) is 23.9 Å². The molecular formula is C9H14N6O2S. The van der Waals surface area contributed by atoms with E-state index in [1.165, 1.54) is 18.9 Å². The molecule has 0 spiro atoms. The highest BCUT2D eigenvalue weighted by molar-refractivity contribution is 7.89. The summed E-state index contributed by atoms with van der Waals surface area (Å²) in [6, 6.07) is 0. The van der Waals surface area contributed by atoms with E-state index in [0.717, 1.165) is 0 Å². The molecule has 0 amide bonds. The smallest absolute Gasteiger partial charge is 0.259 e. The maximum absolute atomic E-state index is 11.9. The van der Waals surface area contributed by atoms with E-state index in [1.54, 1.807) is 4.57 Å². The van der Waals surface area contributed by atoms with Crippen LogP contribution in [0.1, 0.15) is 12.7 Å². The molecule has 0 unspecified atom stereocenters. The van der Waals surface area contributed by atoms with Crippen molar-refractivity contribution in [3.05, 3.63) is 24.7 Å². The summed E-state index contributed by atoms with van der Waals surface area (Å²) in [6.45, 7) is 2.84. The maximum atomic E-state index is 11.9. The third kappa shape index (κ3) is 2.93. The molecule has 2 N–H and O–H groups in total. The molecule has 0 bridgehead atoms. The highest BCUT2D eigenvalue weighted by Crippen LogP contribution is 2.04. The van der Waals surface area contributed by atoms with Gasteiger partial charge in [0, 0.05) is 25.7 Å². The molecule has 2 rings (SSSR count). The molecule has 2 aromatic rings. The van der Waals surface area contributed by atoms with Gasteiger partial charge in [-0.15, -0.1) is 0 Å². The summed E-state index contributed by atoms with van der Waals surface area (Å²) in [5.74, 6) is 0.636. The lowest BCUT2D eigenvalue weighted by Crippen LogP contribution is -2.26. The van der Waals surface area contributed by atoms with Crippen LogP contribution in [0.3, 0.4) is 0 Å². The average Bonchev–Trinajstić information content (AvgIpc) is 2.99. The lowest BCUT2D eigenvalue weighted by Gasteiger charge is -2.02. The fourth-order valence-corrected chi connectivity index (χ4v) is 2.36. The molecule has 0 saturated heterocycles. The fourth-order valence-electron chi connectivity index (χ4n) is 1.38. The largest absolute Gasteiger partial charge is 0.336 e. The van der Waals surface area contributed by atoms with Gasteiger partial charge in [-0.05, 0) is 6.92 Å². The topological polar surface area (TPSA) is 106 Å². The molecule has 8 nitrogen and oxygen atoms in total. The van der Waals surface area contributed by atoms with E-state index in [2.05, 4.69) is 24.9 Å². The maximum Gasteiger partial charge on any atom is 0.259 e. The highest BCUT2D eigenvalue weighted by Gasteiger charge is 2.16. The zero-order valence-electron chi connectivity index (χ0n) is 9.87. The molecule has 0 aromatic carbocycles. The van der Waals surface area contributed by atoms with Gasteiger partial charge in [0.1, 0.15) is 12.2 Å². The lowest BCUT2D eigenvalue weighted by atomic mass is 10.4. The summed E-state index contributed by atoms with van der Waals surface area (Å²) in [5.41, 5.74) is 0. The first-order valence-electron chi connectivity index (χ1n) is 5.47. The molecule has 0 fully saturated rings. The van der Waals surface area contributed by atoms with Gasteiger partial charge in [-0.2, -0.15) is 5.10 Å². The molecule has 0 atom stereocenters. The Morgan fingerprint density at radius 2 is 2.28 bits per heavy atom. The zero-order chi connectivity index (χ0) is 13.0. The average molecular weight is 270 g/mol. The highest BCUT2D eigenvalue weighted by atomic mass is 32.2. The molecule has 2 heterocycles. The number of rotatable bonds is 6. The molecule has 0 aliphatic rings. The van der Waals surface area contributed by atoms with Crippen molar-refractivity contribution in [1.82, 2.24) is 29.5 Å². The Balaban J connectivity index is 1.95. The number of imidazole rings is 1. The van der Waals surface area contributed by atoms with Gasteiger partial charge in [0.25, 0.3) is 10.0 Å². The van der Waals surface area contributed by atoms with Crippen molar-refractivity contribution in [2.24, 2.45) is 0 Å². The van der Waals surface area contributed by atoms with Crippen LogP contribution in [0.25, 0.3) is 0 Å². The van der Waals surface area contributed by atoms with Gasteiger partial charge in [-0.25, -0.2) is 23.1 Å². The van der Waals surface area contributed by atoms with Crippen LogP contribution in [-0.4, -0.2) is 39.7 Å². The van der Waals surface area contributed by atoms with Crippen molar-refractivity contribution >= 4 is 10.0 Å². The molecule has 0 saturated carbocycles. The second-order valence-corrected chi connectivity index (χ2v) is 5.34. The van der Waals surface area contributed by atoms with E-state index in [4.69, 9.17) is 0 Å². The predicted octanol–water partition coefficient (Wildman–Crippen LogP) is -0.458. The lowest BCUT2D eigenvalue weighted by molar-refractivity contribution is 0.577. The first-order valence-corrected chi connectivity index (χ1v) is 6.96. The zero-order valence-corrected chi connectivity index (χ0v) is 10.7. The second kappa shape index (κ2) is 5.27. The summed E-state index contributed by atoms with van der Waals surface area (Å²) in [7, 11) is -3.55. The summed E-state index contributed by atoms with van der Waals surface area (Å²) < 4.78 is 27.9. The first kappa shape index (κ1) is 12.7. The van der Waals surface area contributed by atoms with Gasteiger partial charge in [0.15, 0.2) is 5.03 Å². The molecule has 9 heteroatoms. The monoisotopic (exact) mass is 270 g/mol. The molecule has 98 valence electrons. The number of sulfonamides is 1. The third-order valence-electron chi connectivity index (χ3n) is 2.37. The Morgan fingerprint density at radius 1 is 1.44 bits per heavy atom. The number of nitrogens with zero attached hydrogens (tertiary/aromatic N) is 4. The van der Waals surface area contributed by atoms with E-state index >= 15 is 0 Å². The quantitative estimate of drug-likeness (QED) is 0.739. The van der Waals surface area contributed by atoms with Crippen molar-refractivity contribution in [2.75, 3.05) is 6.54 Å². The Hall–Kier alpha value is -1.74. The molecular weight excluding hydrogens is 256 g/mol. The Labute approximate surface area is 105 Å². The van der Waals surface area contributed by atoms with Crippen LogP contribution in [0.2, 0.25) is 0 Å². The van der Waals surface area contributed by atoms with Crippen LogP contribution in [-0.2, 0) is 23.0 Å². The molecule has 2 aromatic heterocycles. The normalized spacial score (nSPS) is 11.8. The molecule has 0 radical (unpaired) electrons. The van der Waals surface area contributed by atoms with E-state index in [0.29, 0.717) is 18.8 Å². The Kier molecular flexibility index (Phi) is 3.72. The van der Waals surface area contributed by atoms with E-state index < -0.39 is 10.0 Å². The minimum Gasteiger partial charge on any atom is -0.336 e. The summed E-state index contributed by atoms with van der Waals surface area (Å²) in [6.07, 6.45) is 4.82. The fraction of sp³-hybridized carbons (Fsp3) is 0.444. The number of hydrogen-bond donors (Lipinski definition) is 2. The van der Waals surface area contributed by atoms with Gasteiger partial charge in [-0.1, -0.05) is 0 Å². The number of aryl methyl sites for hydroxylation is 1. The summed E-state index contributed by atoms with van der Waals surface area (Å²) in [5, 5.41) is 6.37. The SMILES string of the molecule is CCn1cnc(S(=O)(=O)NCCc2ncn[nH]2)c1. The number of hydrogen-bond acceptors (Lipinski definition) is 5. The second-order valence-electron chi connectivity index (χ2n) is 3.62. The minimum absolute atomic E-state index is 0.0296. The van der Waals surface area contributed by atoms with E-state index in [1.807, 2.05) is 6.92 Å². The summed E-state index contributed by atoms with van der Waals surface area (Å²) in [4.78, 5) is 7.76. The first-order chi connectivity index (χ1) is 8.62. The van der Waals surface area contributed by atoms with E-state index in [-0.39, 0.29) is 11.6 Å². The van der Waals surface area contributed by atoms with Crippen LogP contribution >= 0.6 is 0 Å². The van der Waals surface area contributed by atoms with Gasteiger partial charge in [0.2, 0.25) is 0 Å². The van der Waals surface area contributed by atoms with Crippen LogP contribution in [0.5, 0.6) is 0 Å².